The van der Waals surface area contributed by atoms with E-state index in [1.165, 1.54) is 32.1 Å². The average Bonchev–Trinajstić information content (AvgIpc) is 3.89. The van der Waals surface area contributed by atoms with Crippen molar-refractivity contribution < 1.29 is 34.0 Å². The number of carbonyl (C=O) groups excluding carboxylic acids is 1. The minimum Gasteiger partial charge on any atom is -0.481 e. The predicted octanol–water partition coefficient (Wildman–Crippen LogP) is 5.64. The van der Waals surface area contributed by atoms with E-state index in [9.17, 15) is 19.8 Å². The Hall–Kier alpha value is -1.22. The molecule has 8 fully saturated rings. The van der Waals surface area contributed by atoms with E-state index in [1.54, 1.807) is 0 Å². The van der Waals surface area contributed by atoms with E-state index in [1.807, 2.05) is 4.90 Å². The summed E-state index contributed by atoms with van der Waals surface area (Å²) in [6, 6.07) is 0. The van der Waals surface area contributed by atoms with Gasteiger partial charge in [0.2, 0.25) is 5.91 Å². The quantitative estimate of drug-likeness (QED) is 0.393. The van der Waals surface area contributed by atoms with Crippen LogP contribution in [0.15, 0.2) is 0 Å². The molecule has 13 atom stereocenters. The largest absolute Gasteiger partial charge is 0.481 e. The minimum atomic E-state index is -0.818. The lowest BCUT2D eigenvalue weighted by Gasteiger charge is -2.64. The second kappa shape index (κ2) is 10.1. The van der Waals surface area contributed by atoms with E-state index in [0.717, 1.165) is 32.1 Å². The van der Waals surface area contributed by atoms with E-state index < -0.39 is 12.1 Å². The molecule has 6 saturated carbocycles. The SMILES string of the molecule is C[C@@H]1C[C@H](CC(=O)O)O[C@H]2[C@H]1[C@@]1(C)CC[C@@]34CC35CCC(O[C@H]3CN(C(=O)CC6CC6)CCO3)C(C)(C)[C@@H]5CC[C@H]4[C@]1(C)[C@H]2O. The zero-order valence-electron chi connectivity index (χ0n) is 28.3. The zero-order chi connectivity index (χ0) is 31.7. The van der Waals surface area contributed by atoms with Gasteiger partial charge in [-0.15, -0.1) is 0 Å². The number of rotatable bonds is 6. The fraction of sp³-hybridized carbons (Fsp3) is 0.946. The number of fused-ring (bicyclic) bond motifs is 4. The van der Waals surface area contributed by atoms with Gasteiger partial charge in [0, 0.05) is 18.4 Å². The molecule has 2 spiro atoms. The summed E-state index contributed by atoms with van der Waals surface area (Å²) >= 11 is 0. The number of aliphatic hydroxyl groups excluding tert-OH is 1. The molecule has 8 nitrogen and oxygen atoms in total. The molecular formula is C37H57NO7. The highest BCUT2D eigenvalue weighted by atomic mass is 16.7. The Bertz CT molecular complexity index is 1240. The van der Waals surface area contributed by atoms with E-state index in [2.05, 4.69) is 34.6 Å². The van der Waals surface area contributed by atoms with Gasteiger partial charge in [-0.3, -0.25) is 9.59 Å². The van der Waals surface area contributed by atoms with Gasteiger partial charge in [0.05, 0.1) is 44.0 Å². The normalized spacial score (nSPS) is 52.9. The van der Waals surface area contributed by atoms with Crippen molar-refractivity contribution in [1.82, 2.24) is 4.90 Å². The standard InChI is InChI=1S/C37H57NO7/c1-21-16-23(18-28(40)41)44-31-30(21)34(4)12-13-37-20-36(37)11-10-26(33(2,3)24(36)8-9-25(37)35(34,5)32(31)42)45-29-19-38(14-15-43-29)27(39)17-22-6-7-22/h21-26,29-32,42H,6-20H2,1-5H3,(H,40,41)/t21-,23-,24+,25+,26?,29+,30+,31+,32+,34-,35-,36?,37+/m1/s1. The Morgan fingerprint density at radius 1 is 0.956 bits per heavy atom. The molecule has 0 radical (unpaired) electrons. The van der Waals surface area contributed by atoms with Crippen LogP contribution in [0.3, 0.4) is 0 Å². The molecule has 8 aliphatic rings. The monoisotopic (exact) mass is 627 g/mol. The Morgan fingerprint density at radius 2 is 1.69 bits per heavy atom. The number of carbonyl (C=O) groups is 2. The second-order valence-electron chi connectivity index (χ2n) is 18.1. The van der Waals surface area contributed by atoms with Crippen LogP contribution >= 0.6 is 0 Å². The molecule has 0 aromatic heterocycles. The predicted molar refractivity (Wildman–Crippen MR) is 167 cm³/mol. The molecule has 8 rings (SSSR count). The summed E-state index contributed by atoms with van der Waals surface area (Å²) < 4.78 is 19.5. The number of nitrogens with zero attached hydrogens (tertiary/aromatic N) is 1. The molecule has 2 aliphatic heterocycles. The summed E-state index contributed by atoms with van der Waals surface area (Å²) in [6.07, 6.45) is 10.5. The number of aliphatic carboxylic acids is 1. The van der Waals surface area contributed by atoms with E-state index >= 15 is 0 Å². The van der Waals surface area contributed by atoms with Crippen LogP contribution in [0.4, 0.5) is 0 Å². The van der Waals surface area contributed by atoms with Crippen LogP contribution in [-0.2, 0) is 23.8 Å². The van der Waals surface area contributed by atoms with Gasteiger partial charge in [0.25, 0.3) is 0 Å². The van der Waals surface area contributed by atoms with Crippen LogP contribution in [0.2, 0.25) is 0 Å². The van der Waals surface area contributed by atoms with E-state index in [0.29, 0.717) is 55.2 Å². The highest BCUT2D eigenvalue weighted by molar-refractivity contribution is 5.76. The molecule has 2 unspecified atom stereocenters. The number of hydrogen-bond acceptors (Lipinski definition) is 6. The summed E-state index contributed by atoms with van der Waals surface area (Å²) in [7, 11) is 0. The van der Waals surface area contributed by atoms with Crippen LogP contribution in [0.25, 0.3) is 0 Å². The number of amides is 1. The van der Waals surface area contributed by atoms with Gasteiger partial charge in [-0.2, -0.15) is 0 Å². The Kier molecular flexibility index (Phi) is 7.01. The number of morpholine rings is 1. The average molecular weight is 628 g/mol. The van der Waals surface area contributed by atoms with Crippen LogP contribution in [0.5, 0.6) is 0 Å². The third kappa shape index (κ3) is 4.22. The number of aliphatic hydroxyl groups is 1. The van der Waals surface area contributed by atoms with Crippen LogP contribution < -0.4 is 0 Å². The molecule has 0 aromatic rings. The lowest BCUT2D eigenvalue weighted by molar-refractivity contribution is -0.248. The molecule has 252 valence electrons. The van der Waals surface area contributed by atoms with Gasteiger partial charge in [0.1, 0.15) is 0 Å². The first kappa shape index (κ1) is 31.1. The Labute approximate surface area is 269 Å². The van der Waals surface area contributed by atoms with Crippen molar-refractivity contribution in [2.45, 2.75) is 142 Å². The number of ether oxygens (including phenoxy) is 3. The summed E-state index contributed by atoms with van der Waals surface area (Å²) in [4.78, 5) is 26.4. The van der Waals surface area contributed by atoms with Gasteiger partial charge in [-0.05, 0) is 115 Å². The number of carboxylic acid groups (broad SMARTS) is 1. The number of carboxylic acids is 1. The third-order valence-corrected chi connectivity index (χ3v) is 16.1. The van der Waals surface area contributed by atoms with Gasteiger partial charge in [-0.1, -0.05) is 34.6 Å². The van der Waals surface area contributed by atoms with Gasteiger partial charge >= 0.3 is 5.97 Å². The van der Waals surface area contributed by atoms with Gasteiger partial charge in [-0.25, -0.2) is 0 Å². The molecule has 45 heavy (non-hydrogen) atoms. The van der Waals surface area contributed by atoms with Crippen LogP contribution in [0, 0.1) is 56.7 Å². The first-order chi connectivity index (χ1) is 21.3. The summed E-state index contributed by atoms with van der Waals surface area (Å²) in [6.45, 7) is 13.8. The second-order valence-corrected chi connectivity index (χ2v) is 18.1. The van der Waals surface area contributed by atoms with Crippen molar-refractivity contribution in [3.8, 4) is 0 Å². The minimum absolute atomic E-state index is 0.00198. The van der Waals surface area contributed by atoms with Crippen molar-refractivity contribution in [1.29, 1.82) is 0 Å². The molecule has 1 amide bonds. The smallest absolute Gasteiger partial charge is 0.305 e. The molecule has 2 saturated heterocycles. The molecule has 0 bridgehead atoms. The summed E-state index contributed by atoms with van der Waals surface area (Å²) in [5, 5.41) is 21.8. The Morgan fingerprint density at radius 3 is 2.42 bits per heavy atom. The molecule has 6 aliphatic carbocycles. The molecular weight excluding hydrogens is 570 g/mol. The summed E-state index contributed by atoms with van der Waals surface area (Å²) in [5.41, 5.74) is 0.300. The van der Waals surface area contributed by atoms with Crippen molar-refractivity contribution in [3.63, 3.8) is 0 Å². The zero-order valence-corrected chi connectivity index (χ0v) is 28.3. The molecule has 2 N–H and O–H groups in total. The van der Waals surface area contributed by atoms with Crippen LogP contribution in [-0.4, -0.2) is 77.4 Å². The van der Waals surface area contributed by atoms with Crippen molar-refractivity contribution >= 4 is 11.9 Å². The highest BCUT2D eigenvalue weighted by Gasteiger charge is 2.84. The summed E-state index contributed by atoms with van der Waals surface area (Å²) in [5.74, 6) is 1.66. The first-order valence-electron chi connectivity index (χ1n) is 18.4. The van der Waals surface area contributed by atoms with Crippen LogP contribution in [0.1, 0.15) is 112 Å². The maximum absolute atomic E-state index is 12.9. The van der Waals surface area contributed by atoms with Gasteiger partial charge < -0.3 is 29.3 Å². The van der Waals surface area contributed by atoms with Crippen molar-refractivity contribution in [2.75, 3.05) is 19.7 Å². The molecule has 0 aromatic carbocycles. The number of hydrogen-bond donors (Lipinski definition) is 2. The topological polar surface area (TPSA) is 106 Å². The maximum atomic E-state index is 12.9. The first-order valence-corrected chi connectivity index (χ1v) is 18.4. The van der Waals surface area contributed by atoms with Crippen molar-refractivity contribution in [2.24, 2.45) is 56.7 Å². The van der Waals surface area contributed by atoms with Crippen molar-refractivity contribution in [3.05, 3.63) is 0 Å². The lowest BCUT2D eigenvalue weighted by atomic mass is 9.41. The molecule has 8 heteroatoms. The Balaban J connectivity index is 1.01. The van der Waals surface area contributed by atoms with Gasteiger partial charge in [0.15, 0.2) is 6.29 Å². The third-order valence-electron chi connectivity index (χ3n) is 16.1. The van der Waals surface area contributed by atoms with E-state index in [-0.39, 0.29) is 64.5 Å². The maximum Gasteiger partial charge on any atom is 0.305 e. The van der Waals surface area contributed by atoms with E-state index in [4.69, 9.17) is 14.2 Å². The highest BCUT2D eigenvalue weighted by Crippen LogP contribution is 2.89. The fourth-order valence-corrected chi connectivity index (χ4v) is 13.8. The fourth-order valence-electron chi connectivity index (χ4n) is 13.8. The lowest BCUT2D eigenvalue weighted by Crippen LogP contribution is -2.60. The molecule has 2 heterocycles.